The van der Waals surface area contributed by atoms with Crippen molar-refractivity contribution in [3.8, 4) is 0 Å². The van der Waals surface area contributed by atoms with Crippen LogP contribution in [0.4, 0.5) is 4.39 Å². The van der Waals surface area contributed by atoms with E-state index in [1.807, 2.05) is 0 Å². The van der Waals surface area contributed by atoms with E-state index in [0.717, 1.165) is 0 Å². The van der Waals surface area contributed by atoms with Gasteiger partial charge < -0.3 is 9.80 Å². The van der Waals surface area contributed by atoms with Crippen LogP contribution in [0.2, 0.25) is 5.02 Å². The standard InChI is InChI=1S/C16H16ClFN4O2/c1-20-14(13(17)10-19-20)16(24)22-8-6-21(7-9-22)15(23)11-2-4-12(18)5-3-11/h2-5,10H,6-9H2,1H3. The third-order valence-electron chi connectivity index (χ3n) is 4.04. The van der Waals surface area contributed by atoms with Crippen LogP contribution in [0.15, 0.2) is 30.5 Å². The molecule has 1 aliphatic rings. The lowest BCUT2D eigenvalue weighted by Crippen LogP contribution is -2.50. The van der Waals surface area contributed by atoms with Gasteiger partial charge in [-0.25, -0.2) is 4.39 Å². The van der Waals surface area contributed by atoms with Gasteiger partial charge in [0.2, 0.25) is 0 Å². The van der Waals surface area contributed by atoms with E-state index in [-0.39, 0.29) is 17.6 Å². The second kappa shape index (κ2) is 6.60. The van der Waals surface area contributed by atoms with Crippen molar-refractivity contribution in [3.05, 3.63) is 52.6 Å². The van der Waals surface area contributed by atoms with Crippen LogP contribution in [-0.4, -0.2) is 57.6 Å². The van der Waals surface area contributed by atoms with Gasteiger partial charge in [0.25, 0.3) is 11.8 Å². The van der Waals surface area contributed by atoms with Gasteiger partial charge in [-0.2, -0.15) is 5.10 Å². The number of aromatic nitrogens is 2. The summed E-state index contributed by atoms with van der Waals surface area (Å²) in [7, 11) is 1.66. The Morgan fingerprint density at radius 1 is 1.04 bits per heavy atom. The molecule has 3 rings (SSSR count). The first-order chi connectivity index (χ1) is 11.5. The molecule has 1 fully saturated rings. The third-order valence-corrected chi connectivity index (χ3v) is 4.32. The molecule has 0 radical (unpaired) electrons. The van der Waals surface area contributed by atoms with E-state index in [0.29, 0.717) is 42.5 Å². The molecule has 0 aliphatic carbocycles. The Balaban J connectivity index is 1.64. The van der Waals surface area contributed by atoms with Crippen LogP contribution in [0.25, 0.3) is 0 Å². The van der Waals surface area contributed by atoms with Gasteiger partial charge in [-0.3, -0.25) is 14.3 Å². The van der Waals surface area contributed by atoms with Crippen LogP contribution in [0.3, 0.4) is 0 Å². The minimum absolute atomic E-state index is 0.166. The third kappa shape index (κ3) is 3.12. The molecule has 0 bridgehead atoms. The van der Waals surface area contributed by atoms with Crippen LogP contribution in [0.1, 0.15) is 20.8 Å². The van der Waals surface area contributed by atoms with Gasteiger partial charge in [-0.1, -0.05) is 11.6 Å². The summed E-state index contributed by atoms with van der Waals surface area (Å²) in [6, 6.07) is 5.45. The van der Waals surface area contributed by atoms with Crippen molar-refractivity contribution < 1.29 is 14.0 Å². The highest BCUT2D eigenvalue weighted by Gasteiger charge is 2.28. The molecule has 2 heterocycles. The number of halogens is 2. The number of benzene rings is 1. The van der Waals surface area contributed by atoms with Crippen molar-refractivity contribution in [3.63, 3.8) is 0 Å². The van der Waals surface area contributed by atoms with Gasteiger partial charge in [-0.05, 0) is 24.3 Å². The quantitative estimate of drug-likeness (QED) is 0.830. The Bertz CT molecular complexity index is 747. The molecule has 1 aromatic carbocycles. The van der Waals surface area contributed by atoms with E-state index in [4.69, 9.17) is 11.6 Å². The van der Waals surface area contributed by atoms with Crippen LogP contribution in [-0.2, 0) is 7.05 Å². The number of nitrogens with zero attached hydrogens (tertiary/aromatic N) is 4. The van der Waals surface area contributed by atoms with Gasteiger partial charge in [-0.15, -0.1) is 0 Å². The Kier molecular flexibility index (Phi) is 4.53. The summed E-state index contributed by atoms with van der Waals surface area (Å²) in [5.41, 5.74) is 0.779. The maximum absolute atomic E-state index is 12.9. The van der Waals surface area contributed by atoms with Crippen molar-refractivity contribution >= 4 is 23.4 Å². The molecule has 24 heavy (non-hydrogen) atoms. The number of hydrogen-bond acceptors (Lipinski definition) is 3. The van der Waals surface area contributed by atoms with Crippen LogP contribution >= 0.6 is 11.6 Å². The van der Waals surface area contributed by atoms with Crippen molar-refractivity contribution in [2.45, 2.75) is 0 Å². The number of hydrogen-bond donors (Lipinski definition) is 0. The topological polar surface area (TPSA) is 58.4 Å². The minimum atomic E-state index is -0.380. The molecular weight excluding hydrogens is 335 g/mol. The second-order valence-corrected chi connectivity index (χ2v) is 5.96. The minimum Gasteiger partial charge on any atom is -0.335 e. The Labute approximate surface area is 143 Å². The molecule has 1 saturated heterocycles. The first kappa shape index (κ1) is 16.4. The van der Waals surface area contributed by atoms with Crippen molar-refractivity contribution in [2.75, 3.05) is 26.2 Å². The van der Waals surface area contributed by atoms with E-state index >= 15 is 0 Å². The number of piperazine rings is 1. The fraction of sp³-hybridized carbons (Fsp3) is 0.312. The lowest BCUT2D eigenvalue weighted by atomic mass is 10.1. The van der Waals surface area contributed by atoms with Crippen LogP contribution < -0.4 is 0 Å². The SMILES string of the molecule is Cn1ncc(Cl)c1C(=O)N1CCN(C(=O)c2ccc(F)cc2)CC1. The number of carbonyl (C=O) groups is 2. The van der Waals surface area contributed by atoms with Gasteiger partial charge in [0, 0.05) is 38.8 Å². The van der Waals surface area contributed by atoms with Gasteiger partial charge in [0.1, 0.15) is 11.5 Å². The zero-order valence-electron chi connectivity index (χ0n) is 13.1. The fourth-order valence-electron chi connectivity index (χ4n) is 2.69. The molecule has 0 spiro atoms. The normalized spacial score (nSPS) is 14.8. The highest BCUT2D eigenvalue weighted by Crippen LogP contribution is 2.18. The van der Waals surface area contributed by atoms with E-state index < -0.39 is 0 Å². The first-order valence-corrected chi connectivity index (χ1v) is 7.87. The fourth-order valence-corrected chi connectivity index (χ4v) is 2.94. The number of carbonyl (C=O) groups excluding carboxylic acids is 2. The van der Waals surface area contributed by atoms with E-state index in [9.17, 15) is 14.0 Å². The predicted molar refractivity (Wildman–Crippen MR) is 86.4 cm³/mol. The summed E-state index contributed by atoms with van der Waals surface area (Å²) >= 11 is 6.01. The largest absolute Gasteiger partial charge is 0.335 e. The number of aryl methyl sites for hydroxylation is 1. The number of amides is 2. The lowest BCUT2D eigenvalue weighted by molar-refractivity contribution is 0.0529. The van der Waals surface area contributed by atoms with Gasteiger partial charge in [0.15, 0.2) is 0 Å². The Morgan fingerprint density at radius 2 is 1.58 bits per heavy atom. The summed E-state index contributed by atoms with van der Waals surface area (Å²) in [6.45, 7) is 1.65. The summed E-state index contributed by atoms with van der Waals surface area (Å²) < 4.78 is 14.4. The summed E-state index contributed by atoms with van der Waals surface area (Å²) in [4.78, 5) is 28.2. The maximum atomic E-state index is 12.9. The van der Waals surface area contributed by atoms with E-state index in [1.165, 1.54) is 35.1 Å². The summed E-state index contributed by atoms with van der Waals surface area (Å²) in [5, 5.41) is 4.28. The maximum Gasteiger partial charge on any atom is 0.273 e. The predicted octanol–water partition coefficient (Wildman–Crippen LogP) is 1.81. The molecule has 0 unspecified atom stereocenters. The van der Waals surface area contributed by atoms with Gasteiger partial charge in [0.05, 0.1) is 11.2 Å². The molecule has 1 aliphatic heterocycles. The Morgan fingerprint density at radius 3 is 2.08 bits per heavy atom. The van der Waals surface area contributed by atoms with Crippen molar-refractivity contribution in [1.82, 2.24) is 19.6 Å². The molecule has 0 N–H and O–H groups in total. The molecule has 8 heteroatoms. The highest BCUT2D eigenvalue weighted by atomic mass is 35.5. The summed E-state index contributed by atoms with van der Waals surface area (Å²) in [6.07, 6.45) is 1.43. The average molecular weight is 351 g/mol. The van der Waals surface area contributed by atoms with E-state index in [2.05, 4.69) is 5.10 Å². The van der Waals surface area contributed by atoms with Crippen molar-refractivity contribution in [1.29, 1.82) is 0 Å². The molecule has 1 aromatic heterocycles. The zero-order chi connectivity index (χ0) is 17.3. The summed E-state index contributed by atoms with van der Waals surface area (Å²) in [5.74, 6) is -0.746. The highest BCUT2D eigenvalue weighted by molar-refractivity contribution is 6.33. The van der Waals surface area contributed by atoms with Crippen molar-refractivity contribution in [2.24, 2.45) is 7.05 Å². The molecule has 0 saturated carbocycles. The molecule has 6 nitrogen and oxygen atoms in total. The lowest BCUT2D eigenvalue weighted by Gasteiger charge is -2.34. The zero-order valence-corrected chi connectivity index (χ0v) is 13.8. The Hall–Kier alpha value is -2.41. The first-order valence-electron chi connectivity index (χ1n) is 7.49. The molecular formula is C16H16ClFN4O2. The average Bonchev–Trinajstić information content (AvgIpc) is 2.93. The molecule has 2 aromatic rings. The molecule has 0 atom stereocenters. The molecule has 2 amide bonds. The smallest absolute Gasteiger partial charge is 0.273 e. The number of rotatable bonds is 2. The van der Waals surface area contributed by atoms with E-state index in [1.54, 1.807) is 16.8 Å². The monoisotopic (exact) mass is 350 g/mol. The second-order valence-electron chi connectivity index (χ2n) is 5.56. The van der Waals surface area contributed by atoms with Gasteiger partial charge >= 0.3 is 0 Å². The molecule has 126 valence electrons. The van der Waals surface area contributed by atoms with Crippen LogP contribution in [0, 0.1) is 5.82 Å². The van der Waals surface area contributed by atoms with Crippen LogP contribution in [0.5, 0.6) is 0 Å².